The summed E-state index contributed by atoms with van der Waals surface area (Å²) in [5.41, 5.74) is -0.736. The minimum atomic E-state index is -1.08. The van der Waals surface area contributed by atoms with Crippen LogP contribution in [0.1, 0.15) is 46.5 Å². The van der Waals surface area contributed by atoms with E-state index < -0.39 is 35.6 Å². The maximum Gasteiger partial charge on any atom is 0.409 e. The fourth-order valence-corrected chi connectivity index (χ4v) is 1.91. The Balaban J connectivity index is 2.77. The van der Waals surface area contributed by atoms with E-state index in [4.69, 9.17) is 9.84 Å². The van der Waals surface area contributed by atoms with E-state index in [0.29, 0.717) is 0 Å². The monoisotopic (exact) mass is 300 g/mol. The zero-order valence-corrected chi connectivity index (χ0v) is 12.3. The number of alkyl carbamates (subject to hydrolysis) is 1. The Bertz CT molecular complexity index is 438. The van der Waals surface area contributed by atoms with Crippen molar-refractivity contribution < 1.29 is 29.0 Å². The number of likely N-dealkylation sites (tertiary alicyclic amines) is 1. The largest absolute Gasteiger partial charge is 0.481 e. The summed E-state index contributed by atoms with van der Waals surface area (Å²) in [5, 5.41) is 11.1. The molecule has 1 saturated heterocycles. The second-order valence-electron chi connectivity index (χ2n) is 5.75. The number of carbonyl (C=O) groups is 4. The number of nitrogens with one attached hydrogen (secondary N) is 1. The van der Waals surface area contributed by atoms with Crippen molar-refractivity contribution in [2.45, 2.75) is 58.2 Å². The van der Waals surface area contributed by atoms with Gasteiger partial charge in [-0.25, -0.2) is 4.79 Å². The van der Waals surface area contributed by atoms with Gasteiger partial charge in [0, 0.05) is 19.3 Å². The molecule has 1 unspecified atom stereocenters. The number of amides is 3. The number of aliphatic carboxylic acids is 1. The quantitative estimate of drug-likeness (QED) is 0.728. The average Bonchev–Trinajstić information content (AvgIpc) is 2.62. The number of nitrogens with zero attached hydrogens (tertiary/aromatic N) is 1. The van der Waals surface area contributed by atoms with E-state index in [1.165, 1.54) is 0 Å². The molecule has 1 atom stereocenters. The Kier molecular flexibility index (Phi) is 5.28. The smallest absolute Gasteiger partial charge is 0.409 e. The zero-order chi connectivity index (χ0) is 16.2. The van der Waals surface area contributed by atoms with E-state index in [2.05, 4.69) is 5.32 Å². The molecule has 0 radical (unpaired) electrons. The molecule has 3 amide bonds. The van der Waals surface area contributed by atoms with Crippen LogP contribution in [0.5, 0.6) is 0 Å². The van der Waals surface area contributed by atoms with Gasteiger partial charge in [-0.05, 0) is 27.2 Å². The van der Waals surface area contributed by atoms with Crippen LogP contribution in [0.2, 0.25) is 0 Å². The van der Waals surface area contributed by atoms with Crippen LogP contribution in [0, 0.1) is 0 Å². The van der Waals surface area contributed by atoms with Gasteiger partial charge in [0.1, 0.15) is 11.8 Å². The highest BCUT2D eigenvalue weighted by molar-refractivity contribution is 6.02. The summed E-state index contributed by atoms with van der Waals surface area (Å²) in [4.78, 5) is 46.7. The van der Waals surface area contributed by atoms with Crippen LogP contribution in [0.25, 0.3) is 0 Å². The van der Waals surface area contributed by atoms with Gasteiger partial charge in [-0.3, -0.25) is 19.3 Å². The van der Waals surface area contributed by atoms with E-state index in [1.807, 2.05) is 0 Å². The lowest BCUT2D eigenvalue weighted by Gasteiger charge is -2.28. The molecule has 0 saturated carbocycles. The highest BCUT2D eigenvalue weighted by atomic mass is 16.6. The first kappa shape index (κ1) is 16.9. The van der Waals surface area contributed by atoms with E-state index >= 15 is 0 Å². The van der Waals surface area contributed by atoms with Crippen molar-refractivity contribution >= 4 is 23.9 Å². The molecule has 8 nitrogen and oxygen atoms in total. The maximum absolute atomic E-state index is 11.8. The van der Waals surface area contributed by atoms with Crippen molar-refractivity contribution in [2.24, 2.45) is 0 Å². The lowest BCUT2D eigenvalue weighted by atomic mass is 10.2. The van der Waals surface area contributed by atoms with Crippen LogP contribution in [-0.2, 0) is 19.1 Å². The lowest BCUT2D eigenvalue weighted by molar-refractivity contribution is -0.144. The predicted octanol–water partition coefficient (Wildman–Crippen LogP) is 0.851. The molecule has 1 rings (SSSR count). The van der Waals surface area contributed by atoms with Gasteiger partial charge in [-0.1, -0.05) is 0 Å². The summed E-state index contributed by atoms with van der Waals surface area (Å²) in [5.74, 6) is -1.93. The second-order valence-corrected chi connectivity index (χ2v) is 5.75. The standard InChI is InChI=1S/C13H20N2O6/c1-13(2,3)21-12(20)14-8(4-7-11(18)19)15-9(16)5-6-10(15)17/h8H,4-7H2,1-3H3,(H,14,20)(H,18,19). The van der Waals surface area contributed by atoms with E-state index in [9.17, 15) is 19.2 Å². The third-order valence-corrected chi connectivity index (χ3v) is 2.72. The summed E-state index contributed by atoms with van der Waals surface area (Å²) in [6.07, 6.45) is -2.01. The molecule has 0 bridgehead atoms. The number of hydrogen-bond donors (Lipinski definition) is 2. The average molecular weight is 300 g/mol. The molecule has 1 heterocycles. The number of ether oxygens (including phenoxy) is 1. The van der Waals surface area contributed by atoms with E-state index in [-0.39, 0.29) is 25.7 Å². The normalized spacial score (nSPS) is 16.8. The summed E-state index contributed by atoms with van der Waals surface area (Å²) >= 11 is 0. The first-order valence-corrected chi connectivity index (χ1v) is 6.66. The van der Waals surface area contributed by atoms with Gasteiger partial charge < -0.3 is 15.2 Å². The number of carbonyl (C=O) groups excluding carboxylic acids is 3. The summed E-state index contributed by atoms with van der Waals surface area (Å²) in [6, 6.07) is 0. The lowest BCUT2D eigenvalue weighted by Crippen LogP contribution is -2.51. The number of carboxylic acids is 1. The molecule has 118 valence electrons. The van der Waals surface area contributed by atoms with Crippen molar-refractivity contribution in [3.05, 3.63) is 0 Å². The molecule has 0 aromatic heterocycles. The first-order valence-electron chi connectivity index (χ1n) is 6.66. The minimum absolute atomic E-state index is 0.0634. The molecule has 1 fully saturated rings. The highest BCUT2D eigenvalue weighted by Gasteiger charge is 2.36. The van der Waals surface area contributed by atoms with Gasteiger partial charge in [-0.2, -0.15) is 0 Å². The van der Waals surface area contributed by atoms with Crippen molar-refractivity contribution in [3.8, 4) is 0 Å². The minimum Gasteiger partial charge on any atom is -0.481 e. The molecule has 1 aliphatic rings. The molecular formula is C13H20N2O6. The Hall–Kier alpha value is -2.12. The Morgan fingerprint density at radius 2 is 1.81 bits per heavy atom. The maximum atomic E-state index is 11.8. The van der Waals surface area contributed by atoms with Gasteiger partial charge >= 0.3 is 12.1 Å². The Morgan fingerprint density at radius 1 is 1.29 bits per heavy atom. The van der Waals surface area contributed by atoms with Crippen LogP contribution in [0.3, 0.4) is 0 Å². The SMILES string of the molecule is CC(C)(C)OC(=O)NC(CCC(=O)O)N1C(=O)CCC1=O. The van der Waals surface area contributed by atoms with E-state index in [0.717, 1.165) is 4.90 Å². The van der Waals surface area contributed by atoms with Gasteiger partial charge in [0.2, 0.25) is 11.8 Å². The van der Waals surface area contributed by atoms with Crippen LogP contribution < -0.4 is 5.32 Å². The van der Waals surface area contributed by atoms with Crippen molar-refractivity contribution in [1.29, 1.82) is 0 Å². The molecule has 0 spiro atoms. The number of rotatable bonds is 5. The van der Waals surface area contributed by atoms with Crippen molar-refractivity contribution in [3.63, 3.8) is 0 Å². The number of imide groups is 1. The Morgan fingerprint density at radius 3 is 2.24 bits per heavy atom. The molecule has 0 aromatic rings. The number of carboxylic acid groups (broad SMARTS) is 1. The van der Waals surface area contributed by atoms with Gasteiger partial charge in [0.25, 0.3) is 0 Å². The van der Waals surface area contributed by atoms with Crippen LogP contribution in [0.15, 0.2) is 0 Å². The fraction of sp³-hybridized carbons (Fsp3) is 0.692. The van der Waals surface area contributed by atoms with Crippen LogP contribution in [0.4, 0.5) is 4.79 Å². The van der Waals surface area contributed by atoms with Crippen LogP contribution >= 0.6 is 0 Å². The molecule has 0 aromatic carbocycles. The third-order valence-electron chi connectivity index (χ3n) is 2.72. The highest BCUT2D eigenvalue weighted by Crippen LogP contribution is 2.18. The molecule has 1 aliphatic heterocycles. The van der Waals surface area contributed by atoms with Gasteiger partial charge in [-0.15, -0.1) is 0 Å². The third kappa shape index (κ3) is 5.41. The van der Waals surface area contributed by atoms with Crippen molar-refractivity contribution in [1.82, 2.24) is 10.2 Å². The van der Waals surface area contributed by atoms with Crippen LogP contribution in [-0.4, -0.2) is 45.7 Å². The Labute approximate surface area is 122 Å². The molecule has 2 N–H and O–H groups in total. The molecule has 0 aliphatic carbocycles. The number of hydrogen-bond acceptors (Lipinski definition) is 5. The molecular weight excluding hydrogens is 280 g/mol. The topological polar surface area (TPSA) is 113 Å². The zero-order valence-electron chi connectivity index (χ0n) is 12.3. The van der Waals surface area contributed by atoms with Gasteiger partial charge in [0.15, 0.2) is 0 Å². The molecule has 21 heavy (non-hydrogen) atoms. The summed E-state index contributed by atoms with van der Waals surface area (Å²) in [6.45, 7) is 5.01. The predicted molar refractivity (Wildman–Crippen MR) is 71.1 cm³/mol. The first-order chi connectivity index (χ1) is 9.60. The molecule has 8 heteroatoms. The van der Waals surface area contributed by atoms with Crippen molar-refractivity contribution in [2.75, 3.05) is 0 Å². The fourth-order valence-electron chi connectivity index (χ4n) is 1.91. The second kappa shape index (κ2) is 6.55. The summed E-state index contributed by atoms with van der Waals surface area (Å²) < 4.78 is 5.06. The van der Waals surface area contributed by atoms with E-state index in [1.54, 1.807) is 20.8 Å². The summed E-state index contributed by atoms with van der Waals surface area (Å²) in [7, 11) is 0. The van der Waals surface area contributed by atoms with Gasteiger partial charge in [0.05, 0.1) is 0 Å².